The van der Waals surface area contributed by atoms with Crippen LogP contribution in [0.2, 0.25) is 0 Å². The highest BCUT2D eigenvalue weighted by Crippen LogP contribution is 2.20. The molecular weight excluding hydrogens is 250 g/mol. The van der Waals surface area contributed by atoms with E-state index >= 15 is 0 Å². The van der Waals surface area contributed by atoms with Gasteiger partial charge in [0.15, 0.2) is 0 Å². The molecule has 96 valence electrons. The first-order valence-corrected chi connectivity index (χ1v) is 7.17. The number of fused-ring (bicyclic) bond motifs is 1. The second-order valence-corrected chi connectivity index (χ2v) is 5.60. The summed E-state index contributed by atoms with van der Waals surface area (Å²) < 4.78 is 26.8. The Morgan fingerprint density at radius 1 is 1.22 bits per heavy atom. The third-order valence-corrected chi connectivity index (χ3v) is 4.09. The van der Waals surface area contributed by atoms with Gasteiger partial charge in [-0.05, 0) is 37.2 Å². The summed E-state index contributed by atoms with van der Waals surface area (Å²) in [6.45, 7) is 0.801. The Morgan fingerprint density at radius 2 is 2.06 bits per heavy atom. The van der Waals surface area contributed by atoms with E-state index in [-0.39, 0.29) is 4.90 Å². The van der Waals surface area contributed by atoms with Crippen LogP contribution in [0.5, 0.6) is 0 Å². The summed E-state index contributed by atoms with van der Waals surface area (Å²) in [6.07, 6.45) is 2.25. The zero-order valence-electron chi connectivity index (χ0n) is 9.83. The van der Waals surface area contributed by atoms with E-state index in [9.17, 15) is 8.42 Å². The van der Waals surface area contributed by atoms with E-state index in [0.29, 0.717) is 30.4 Å². The fourth-order valence-corrected chi connectivity index (χ4v) is 2.98. The van der Waals surface area contributed by atoms with Gasteiger partial charge in [0, 0.05) is 18.1 Å². The van der Waals surface area contributed by atoms with Crippen LogP contribution >= 0.6 is 0 Å². The van der Waals surface area contributed by atoms with Crippen LogP contribution in [0, 0.1) is 0 Å². The van der Waals surface area contributed by atoms with Gasteiger partial charge in [-0.25, -0.2) is 13.1 Å². The van der Waals surface area contributed by atoms with Crippen LogP contribution in [0.1, 0.15) is 6.42 Å². The summed E-state index contributed by atoms with van der Waals surface area (Å²) in [7, 11) is -3.50. The van der Waals surface area contributed by atoms with Gasteiger partial charge in [0.25, 0.3) is 0 Å². The standard InChI is InChI=1S/C12H15N3O2S/c13-7-3-9-15-18(16,17)12-6-1-5-11-10(12)4-2-8-14-11/h1-2,4-6,8,15H,3,7,9,13H2. The average molecular weight is 265 g/mol. The Kier molecular flexibility index (Phi) is 3.90. The minimum absolute atomic E-state index is 0.255. The minimum Gasteiger partial charge on any atom is -0.330 e. The van der Waals surface area contributed by atoms with Gasteiger partial charge in [-0.2, -0.15) is 0 Å². The fourth-order valence-electron chi connectivity index (χ4n) is 1.70. The topological polar surface area (TPSA) is 85.1 Å². The van der Waals surface area contributed by atoms with E-state index in [2.05, 4.69) is 9.71 Å². The predicted octanol–water partition coefficient (Wildman–Crippen LogP) is 0.862. The molecule has 0 atom stereocenters. The van der Waals surface area contributed by atoms with Gasteiger partial charge in [-0.3, -0.25) is 4.98 Å². The molecule has 2 aromatic rings. The highest BCUT2D eigenvalue weighted by Gasteiger charge is 2.16. The molecule has 0 saturated carbocycles. The lowest BCUT2D eigenvalue weighted by Crippen LogP contribution is -2.26. The Labute approximate surface area is 106 Å². The summed E-state index contributed by atoms with van der Waals surface area (Å²) in [4.78, 5) is 4.39. The molecule has 0 radical (unpaired) electrons. The Hall–Kier alpha value is -1.50. The Bertz CT molecular complexity index is 635. The molecule has 0 saturated heterocycles. The monoisotopic (exact) mass is 265 g/mol. The summed E-state index contributed by atoms with van der Waals surface area (Å²) in [6, 6.07) is 8.52. The van der Waals surface area contributed by atoms with Crippen molar-refractivity contribution >= 4 is 20.9 Å². The van der Waals surface area contributed by atoms with Gasteiger partial charge in [-0.1, -0.05) is 6.07 Å². The zero-order chi connectivity index (χ0) is 13.0. The van der Waals surface area contributed by atoms with Crippen LogP contribution in [0.3, 0.4) is 0 Å². The third kappa shape index (κ3) is 2.66. The number of sulfonamides is 1. The third-order valence-electron chi connectivity index (χ3n) is 2.57. The fraction of sp³-hybridized carbons (Fsp3) is 0.250. The van der Waals surface area contributed by atoms with Gasteiger partial charge < -0.3 is 5.73 Å². The van der Waals surface area contributed by atoms with Crippen molar-refractivity contribution in [3.8, 4) is 0 Å². The molecule has 3 N–H and O–H groups in total. The van der Waals surface area contributed by atoms with Crippen LogP contribution in [0.15, 0.2) is 41.4 Å². The van der Waals surface area contributed by atoms with Crippen molar-refractivity contribution in [2.24, 2.45) is 5.73 Å². The number of nitrogens with one attached hydrogen (secondary N) is 1. The maximum absolute atomic E-state index is 12.1. The van der Waals surface area contributed by atoms with Gasteiger partial charge in [-0.15, -0.1) is 0 Å². The van der Waals surface area contributed by atoms with Crippen molar-refractivity contribution in [2.75, 3.05) is 13.1 Å². The normalized spacial score (nSPS) is 11.8. The predicted molar refractivity (Wildman–Crippen MR) is 70.6 cm³/mol. The first-order chi connectivity index (χ1) is 8.65. The summed E-state index contributed by atoms with van der Waals surface area (Å²) >= 11 is 0. The van der Waals surface area contributed by atoms with Crippen molar-refractivity contribution in [3.63, 3.8) is 0 Å². The van der Waals surface area contributed by atoms with Crippen LogP contribution in [-0.4, -0.2) is 26.5 Å². The molecule has 0 unspecified atom stereocenters. The second kappa shape index (κ2) is 5.43. The molecule has 0 aliphatic carbocycles. The molecule has 1 aromatic carbocycles. The lowest BCUT2D eigenvalue weighted by atomic mass is 10.2. The number of nitrogens with two attached hydrogens (primary N) is 1. The average Bonchev–Trinajstić information content (AvgIpc) is 2.38. The number of pyridine rings is 1. The molecule has 18 heavy (non-hydrogen) atoms. The number of aromatic nitrogens is 1. The lowest BCUT2D eigenvalue weighted by molar-refractivity contribution is 0.580. The quantitative estimate of drug-likeness (QED) is 0.785. The minimum atomic E-state index is -3.50. The van der Waals surface area contributed by atoms with Crippen molar-refractivity contribution in [1.82, 2.24) is 9.71 Å². The SMILES string of the molecule is NCCCNS(=O)(=O)c1cccc2ncccc12. The molecule has 0 aliphatic rings. The molecule has 0 fully saturated rings. The Balaban J connectivity index is 2.41. The molecule has 1 heterocycles. The highest BCUT2D eigenvalue weighted by atomic mass is 32.2. The highest BCUT2D eigenvalue weighted by molar-refractivity contribution is 7.89. The maximum atomic E-state index is 12.1. The van der Waals surface area contributed by atoms with E-state index in [0.717, 1.165) is 0 Å². The number of hydrogen-bond donors (Lipinski definition) is 2. The van der Waals surface area contributed by atoms with Gasteiger partial charge in [0.05, 0.1) is 10.4 Å². The van der Waals surface area contributed by atoms with Crippen LogP contribution in [0.4, 0.5) is 0 Å². The van der Waals surface area contributed by atoms with E-state index in [1.807, 2.05) is 0 Å². The van der Waals surface area contributed by atoms with Crippen LogP contribution in [-0.2, 0) is 10.0 Å². The molecule has 0 bridgehead atoms. The van der Waals surface area contributed by atoms with E-state index in [1.165, 1.54) is 0 Å². The summed E-state index contributed by atoms with van der Waals surface area (Å²) in [5.74, 6) is 0. The lowest BCUT2D eigenvalue weighted by Gasteiger charge is -2.08. The molecule has 0 spiro atoms. The summed E-state index contributed by atoms with van der Waals surface area (Å²) in [5, 5.41) is 0.625. The largest absolute Gasteiger partial charge is 0.330 e. The van der Waals surface area contributed by atoms with Crippen LogP contribution < -0.4 is 10.5 Å². The molecule has 2 rings (SSSR count). The van der Waals surface area contributed by atoms with E-state index < -0.39 is 10.0 Å². The second-order valence-electron chi connectivity index (χ2n) is 3.87. The molecule has 0 amide bonds. The molecule has 0 aliphatic heterocycles. The summed E-state index contributed by atoms with van der Waals surface area (Å²) in [5.41, 5.74) is 6.01. The van der Waals surface area contributed by atoms with Gasteiger partial charge in [0.2, 0.25) is 10.0 Å². The maximum Gasteiger partial charge on any atom is 0.241 e. The first-order valence-electron chi connectivity index (χ1n) is 5.68. The first kappa shape index (κ1) is 12.9. The van der Waals surface area contributed by atoms with Gasteiger partial charge >= 0.3 is 0 Å². The van der Waals surface area contributed by atoms with E-state index in [4.69, 9.17) is 5.73 Å². The van der Waals surface area contributed by atoms with Crippen LogP contribution in [0.25, 0.3) is 10.9 Å². The van der Waals surface area contributed by atoms with E-state index in [1.54, 1.807) is 36.5 Å². The smallest absolute Gasteiger partial charge is 0.241 e. The van der Waals surface area contributed by atoms with Crippen molar-refractivity contribution in [1.29, 1.82) is 0 Å². The van der Waals surface area contributed by atoms with Gasteiger partial charge in [0.1, 0.15) is 0 Å². The van der Waals surface area contributed by atoms with Crippen molar-refractivity contribution < 1.29 is 8.42 Å². The van der Waals surface area contributed by atoms with Crippen molar-refractivity contribution in [3.05, 3.63) is 36.5 Å². The molecule has 6 heteroatoms. The number of hydrogen-bond acceptors (Lipinski definition) is 4. The zero-order valence-corrected chi connectivity index (χ0v) is 10.7. The molecule has 5 nitrogen and oxygen atoms in total. The molecular formula is C12H15N3O2S. The molecule has 1 aromatic heterocycles. The number of nitrogens with zero attached hydrogens (tertiary/aromatic N) is 1. The number of benzene rings is 1. The van der Waals surface area contributed by atoms with Crippen molar-refractivity contribution in [2.45, 2.75) is 11.3 Å². The Morgan fingerprint density at radius 3 is 2.83 bits per heavy atom. The number of rotatable bonds is 5.